The van der Waals surface area contributed by atoms with Crippen LogP contribution in [0.4, 0.5) is 10.2 Å². The summed E-state index contributed by atoms with van der Waals surface area (Å²) in [6, 6.07) is -0.490. The summed E-state index contributed by atoms with van der Waals surface area (Å²) >= 11 is 3.14. The molecule has 17 heavy (non-hydrogen) atoms. The molecule has 0 aliphatic carbocycles. The number of aromatic nitrogens is 2. The summed E-state index contributed by atoms with van der Waals surface area (Å²) in [5, 5.41) is 5.37. The molecule has 1 saturated heterocycles. The molecule has 1 aromatic heterocycles. The van der Waals surface area contributed by atoms with E-state index in [4.69, 9.17) is 0 Å². The van der Waals surface area contributed by atoms with Crippen LogP contribution in [-0.2, 0) is 4.79 Å². The molecule has 0 saturated carbocycles. The Hall–Kier alpha value is -0.790. The van der Waals surface area contributed by atoms with Crippen LogP contribution in [0.3, 0.4) is 0 Å². The maximum absolute atomic E-state index is 12.9. The highest BCUT2D eigenvalue weighted by Gasteiger charge is 2.29. The summed E-state index contributed by atoms with van der Waals surface area (Å²) in [5.41, 5.74) is 0. The topological polar surface area (TPSA) is 66.9 Å². The first-order valence-electron chi connectivity index (χ1n) is 4.81. The zero-order valence-electron chi connectivity index (χ0n) is 8.69. The van der Waals surface area contributed by atoms with E-state index in [0.29, 0.717) is 10.4 Å². The average molecular weight is 326 g/mol. The molecule has 0 spiro atoms. The smallest absolute Gasteiger partial charge is 0.242 e. The van der Waals surface area contributed by atoms with E-state index in [0.717, 1.165) is 0 Å². The molecule has 0 bridgehead atoms. The molecule has 8 heteroatoms. The number of amides is 1. The average Bonchev–Trinajstić information content (AvgIpc) is 2.65. The maximum Gasteiger partial charge on any atom is 0.242 e. The zero-order valence-corrected chi connectivity index (χ0v) is 11.1. The summed E-state index contributed by atoms with van der Waals surface area (Å²) in [6.45, 7) is 0.224. The normalized spacial score (nSPS) is 22.9. The van der Waals surface area contributed by atoms with Crippen LogP contribution in [0.1, 0.15) is 6.42 Å². The second kappa shape index (κ2) is 6.23. The summed E-state index contributed by atoms with van der Waals surface area (Å²) in [4.78, 5) is 19.5. The van der Waals surface area contributed by atoms with Crippen molar-refractivity contribution in [2.24, 2.45) is 0 Å². The second-order valence-corrected chi connectivity index (χ2v) is 4.32. The summed E-state index contributed by atoms with van der Waals surface area (Å²) in [5.74, 6) is 0.0658. The molecular weight excluding hydrogens is 314 g/mol. The van der Waals surface area contributed by atoms with Gasteiger partial charge in [-0.05, 0) is 15.9 Å². The van der Waals surface area contributed by atoms with Crippen LogP contribution in [0.2, 0.25) is 0 Å². The molecule has 2 atom stereocenters. The number of halogens is 3. The molecule has 2 rings (SSSR count). The Labute approximate surface area is 112 Å². The van der Waals surface area contributed by atoms with Gasteiger partial charge in [0.2, 0.25) is 5.91 Å². The number of nitrogens with zero attached hydrogens (tertiary/aromatic N) is 2. The molecule has 5 nitrogen and oxygen atoms in total. The van der Waals surface area contributed by atoms with Gasteiger partial charge < -0.3 is 10.6 Å². The van der Waals surface area contributed by atoms with E-state index in [2.05, 4.69) is 36.5 Å². The molecule has 1 aliphatic heterocycles. The van der Waals surface area contributed by atoms with Gasteiger partial charge in [0.1, 0.15) is 10.8 Å². The summed E-state index contributed by atoms with van der Waals surface area (Å²) in [6.07, 6.45) is 2.20. The predicted octanol–water partition coefficient (Wildman–Crippen LogP) is 1.30. The van der Waals surface area contributed by atoms with Crippen molar-refractivity contribution >= 4 is 40.1 Å². The van der Waals surface area contributed by atoms with Crippen LogP contribution in [0.15, 0.2) is 17.0 Å². The molecule has 2 unspecified atom stereocenters. The third kappa shape index (κ3) is 3.86. The molecule has 0 radical (unpaired) electrons. The van der Waals surface area contributed by atoms with Crippen molar-refractivity contribution in [3.8, 4) is 0 Å². The lowest BCUT2D eigenvalue weighted by molar-refractivity contribution is -0.117. The first-order chi connectivity index (χ1) is 7.65. The number of rotatable bonds is 2. The third-order valence-corrected chi connectivity index (χ3v) is 2.63. The Morgan fingerprint density at radius 3 is 2.94 bits per heavy atom. The molecule has 1 aromatic rings. The number of carbonyl (C=O) groups excluding carboxylic acids is 1. The largest absolute Gasteiger partial charge is 0.308 e. The first kappa shape index (κ1) is 14.3. The maximum atomic E-state index is 12.9. The van der Waals surface area contributed by atoms with Crippen LogP contribution < -0.4 is 10.6 Å². The number of carbonyl (C=O) groups is 1. The molecule has 1 amide bonds. The van der Waals surface area contributed by atoms with E-state index in [-0.39, 0.29) is 31.3 Å². The van der Waals surface area contributed by atoms with Crippen LogP contribution in [0, 0.1) is 0 Å². The van der Waals surface area contributed by atoms with E-state index in [1.54, 1.807) is 0 Å². The number of hydrogen-bond acceptors (Lipinski definition) is 4. The lowest BCUT2D eigenvalue weighted by Crippen LogP contribution is -2.35. The number of hydrogen-bond donors (Lipinski definition) is 2. The number of anilines is 1. The van der Waals surface area contributed by atoms with Crippen molar-refractivity contribution < 1.29 is 9.18 Å². The highest BCUT2D eigenvalue weighted by molar-refractivity contribution is 9.10. The third-order valence-electron chi connectivity index (χ3n) is 2.25. The Kier molecular flexibility index (Phi) is 5.23. The van der Waals surface area contributed by atoms with E-state index < -0.39 is 12.2 Å². The number of nitrogens with one attached hydrogen (secondary N) is 2. The molecule has 2 N–H and O–H groups in total. The molecular formula is C9H11BrClFN4O. The monoisotopic (exact) mass is 324 g/mol. The fourth-order valence-corrected chi connectivity index (χ4v) is 1.82. The fourth-order valence-electron chi connectivity index (χ4n) is 1.51. The molecule has 0 aromatic carbocycles. The van der Waals surface area contributed by atoms with Crippen LogP contribution >= 0.6 is 28.3 Å². The van der Waals surface area contributed by atoms with Gasteiger partial charge in [0.25, 0.3) is 0 Å². The minimum absolute atomic E-state index is 0. The zero-order chi connectivity index (χ0) is 11.5. The van der Waals surface area contributed by atoms with Gasteiger partial charge in [-0.2, -0.15) is 0 Å². The van der Waals surface area contributed by atoms with Crippen LogP contribution in [0.5, 0.6) is 0 Å². The van der Waals surface area contributed by atoms with E-state index in [1.165, 1.54) is 12.4 Å². The van der Waals surface area contributed by atoms with Gasteiger partial charge >= 0.3 is 0 Å². The second-order valence-electron chi connectivity index (χ2n) is 3.51. The van der Waals surface area contributed by atoms with Gasteiger partial charge in [-0.3, -0.25) is 9.78 Å². The Balaban J connectivity index is 0.00000144. The van der Waals surface area contributed by atoms with Gasteiger partial charge in [0.05, 0.1) is 18.4 Å². The molecule has 94 valence electrons. The molecule has 1 fully saturated rings. The van der Waals surface area contributed by atoms with E-state index in [1.807, 2.05) is 0 Å². The first-order valence-corrected chi connectivity index (χ1v) is 5.60. The summed E-state index contributed by atoms with van der Waals surface area (Å²) < 4.78 is 13.4. The van der Waals surface area contributed by atoms with Crippen molar-refractivity contribution in [1.29, 1.82) is 0 Å². The molecule has 1 aliphatic rings. The quantitative estimate of drug-likeness (QED) is 0.860. The Morgan fingerprint density at radius 2 is 2.35 bits per heavy atom. The van der Waals surface area contributed by atoms with Crippen LogP contribution in [0.25, 0.3) is 0 Å². The fraction of sp³-hybridized carbons (Fsp3) is 0.444. The van der Waals surface area contributed by atoms with E-state index >= 15 is 0 Å². The lowest BCUT2D eigenvalue weighted by atomic mass is 10.2. The van der Waals surface area contributed by atoms with Crippen molar-refractivity contribution in [3.63, 3.8) is 0 Å². The molecule has 2 heterocycles. The lowest BCUT2D eigenvalue weighted by Gasteiger charge is -2.09. The van der Waals surface area contributed by atoms with Crippen molar-refractivity contribution in [2.45, 2.75) is 18.6 Å². The van der Waals surface area contributed by atoms with Crippen molar-refractivity contribution in [2.75, 3.05) is 11.9 Å². The highest BCUT2D eigenvalue weighted by atomic mass is 79.9. The van der Waals surface area contributed by atoms with Gasteiger partial charge in [0.15, 0.2) is 5.82 Å². The standard InChI is InChI=1S/C9H10BrFN4O.ClH/c10-7-3-12-4-8(14-7)15-9(16)6-1-5(11)2-13-6;/h3-6,13H,1-2H2,(H,14,15,16);1H. The minimum Gasteiger partial charge on any atom is -0.308 e. The summed E-state index contributed by atoms with van der Waals surface area (Å²) in [7, 11) is 0. The van der Waals surface area contributed by atoms with Crippen molar-refractivity contribution in [1.82, 2.24) is 15.3 Å². The number of alkyl halides is 1. The predicted molar refractivity (Wildman–Crippen MR) is 66.9 cm³/mol. The SMILES string of the molecule is Cl.O=C(Nc1cncc(Br)n1)C1CC(F)CN1. The minimum atomic E-state index is -0.954. The highest BCUT2D eigenvalue weighted by Crippen LogP contribution is 2.13. The van der Waals surface area contributed by atoms with Gasteiger partial charge in [-0.1, -0.05) is 0 Å². The van der Waals surface area contributed by atoms with Crippen molar-refractivity contribution in [3.05, 3.63) is 17.0 Å². The Bertz CT molecular complexity index is 408. The Morgan fingerprint density at radius 1 is 1.59 bits per heavy atom. The van der Waals surface area contributed by atoms with Crippen LogP contribution in [-0.4, -0.2) is 34.6 Å². The van der Waals surface area contributed by atoms with Gasteiger partial charge in [-0.25, -0.2) is 9.37 Å². The van der Waals surface area contributed by atoms with E-state index in [9.17, 15) is 9.18 Å². The van der Waals surface area contributed by atoms with Gasteiger partial charge in [0, 0.05) is 13.0 Å². The van der Waals surface area contributed by atoms with Gasteiger partial charge in [-0.15, -0.1) is 12.4 Å².